The molecular formula is C16H23BrF2O. The van der Waals surface area contributed by atoms with E-state index in [9.17, 15) is 8.78 Å². The van der Waals surface area contributed by atoms with E-state index in [0.29, 0.717) is 17.5 Å². The first-order chi connectivity index (χ1) is 9.69. The summed E-state index contributed by atoms with van der Waals surface area (Å²) in [6, 6.07) is 2.61. The Labute approximate surface area is 128 Å². The van der Waals surface area contributed by atoms with Crippen LogP contribution in [0.5, 0.6) is 5.75 Å². The van der Waals surface area contributed by atoms with Crippen molar-refractivity contribution in [2.75, 3.05) is 6.61 Å². The van der Waals surface area contributed by atoms with Gasteiger partial charge in [0.2, 0.25) is 0 Å². The van der Waals surface area contributed by atoms with Crippen molar-refractivity contribution in [3.8, 4) is 5.75 Å². The molecule has 0 aromatic heterocycles. The fraction of sp³-hybridized carbons (Fsp3) is 0.625. The van der Waals surface area contributed by atoms with E-state index in [-0.39, 0.29) is 5.75 Å². The highest BCUT2D eigenvalue weighted by Gasteiger charge is 2.12. The Morgan fingerprint density at radius 3 is 2.05 bits per heavy atom. The van der Waals surface area contributed by atoms with E-state index in [4.69, 9.17) is 4.74 Å². The summed E-state index contributed by atoms with van der Waals surface area (Å²) in [6.45, 7) is 2.56. The number of rotatable bonds is 10. The van der Waals surface area contributed by atoms with Gasteiger partial charge in [-0.3, -0.25) is 0 Å². The molecule has 0 spiro atoms. The lowest BCUT2D eigenvalue weighted by Crippen LogP contribution is -2.02. The summed E-state index contributed by atoms with van der Waals surface area (Å²) in [6.07, 6.45) is 8.08. The van der Waals surface area contributed by atoms with Crippen molar-refractivity contribution in [1.82, 2.24) is 0 Å². The number of hydrogen-bond donors (Lipinski definition) is 0. The highest BCUT2D eigenvalue weighted by atomic mass is 79.9. The first kappa shape index (κ1) is 17.4. The zero-order valence-electron chi connectivity index (χ0n) is 12.1. The van der Waals surface area contributed by atoms with E-state index in [1.807, 2.05) is 0 Å². The molecule has 0 N–H and O–H groups in total. The highest BCUT2D eigenvalue weighted by molar-refractivity contribution is 9.08. The highest BCUT2D eigenvalue weighted by Crippen LogP contribution is 2.24. The van der Waals surface area contributed by atoms with Crippen LogP contribution in [0.25, 0.3) is 0 Å². The molecule has 1 rings (SSSR count). The third kappa shape index (κ3) is 6.21. The average molecular weight is 349 g/mol. The second-order valence-electron chi connectivity index (χ2n) is 4.99. The first-order valence-corrected chi connectivity index (χ1v) is 8.47. The zero-order valence-corrected chi connectivity index (χ0v) is 13.6. The minimum atomic E-state index is -0.623. The molecule has 114 valence electrons. The number of halogens is 3. The molecule has 20 heavy (non-hydrogen) atoms. The molecule has 1 aromatic rings. The second-order valence-corrected chi connectivity index (χ2v) is 5.55. The van der Waals surface area contributed by atoms with E-state index in [1.165, 1.54) is 37.8 Å². The van der Waals surface area contributed by atoms with Crippen molar-refractivity contribution in [3.63, 3.8) is 0 Å². The van der Waals surface area contributed by atoms with Gasteiger partial charge in [0.1, 0.15) is 0 Å². The normalized spacial score (nSPS) is 10.8. The van der Waals surface area contributed by atoms with Gasteiger partial charge in [0, 0.05) is 5.33 Å². The maximum atomic E-state index is 13.6. The molecule has 0 amide bonds. The molecule has 0 unspecified atom stereocenters. The maximum absolute atomic E-state index is 13.6. The van der Waals surface area contributed by atoms with Crippen molar-refractivity contribution in [2.24, 2.45) is 0 Å². The van der Waals surface area contributed by atoms with Gasteiger partial charge < -0.3 is 4.74 Å². The van der Waals surface area contributed by atoms with Crippen LogP contribution < -0.4 is 4.74 Å². The molecule has 0 aliphatic heterocycles. The van der Waals surface area contributed by atoms with Crippen molar-refractivity contribution < 1.29 is 13.5 Å². The summed E-state index contributed by atoms with van der Waals surface area (Å²) >= 11 is 3.18. The summed E-state index contributed by atoms with van der Waals surface area (Å²) < 4.78 is 32.5. The Balaban J connectivity index is 2.25. The van der Waals surface area contributed by atoms with Crippen LogP contribution in [0.3, 0.4) is 0 Å². The Morgan fingerprint density at radius 2 is 1.50 bits per heavy atom. The standard InChI is InChI=1S/C16H23BrF2O/c1-2-3-4-5-6-7-8-9-20-16-14(18)10-13(12-17)11-15(16)19/h10-11H,2-9,12H2,1H3. The van der Waals surface area contributed by atoms with Crippen LogP contribution in [0, 0.1) is 11.6 Å². The third-order valence-corrected chi connectivity index (χ3v) is 3.85. The van der Waals surface area contributed by atoms with Crippen LogP contribution in [-0.4, -0.2) is 6.61 Å². The monoisotopic (exact) mass is 348 g/mol. The molecule has 0 radical (unpaired) electrons. The predicted octanol–water partition coefficient (Wildman–Crippen LogP) is 5.99. The van der Waals surface area contributed by atoms with E-state index in [2.05, 4.69) is 22.9 Å². The van der Waals surface area contributed by atoms with Gasteiger partial charge in [-0.05, 0) is 24.1 Å². The molecule has 0 saturated heterocycles. The number of alkyl halides is 1. The summed E-state index contributed by atoms with van der Waals surface area (Å²) in [5, 5.41) is 0.429. The van der Waals surface area contributed by atoms with Crippen molar-refractivity contribution in [3.05, 3.63) is 29.3 Å². The van der Waals surface area contributed by atoms with E-state index in [0.717, 1.165) is 19.3 Å². The molecular weight excluding hydrogens is 326 g/mol. The molecule has 1 nitrogen and oxygen atoms in total. The Bertz CT molecular complexity index is 373. The lowest BCUT2D eigenvalue weighted by molar-refractivity contribution is 0.275. The van der Waals surface area contributed by atoms with Crippen molar-refractivity contribution >= 4 is 15.9 Å². The molecule has 4 heteroatoms. The van der Waals surface area contributed by atoms with Crippen LogP contribution >= 0.6 is 15.9 Å². The van der Waals surface area contributed by atoms with Gasteiger partial charge in [-0.15, -0.1) is 0 Å². The molecule has 0 atom stereocenters. The van der Waals surface area contributed by atoms with E-state index >= 15 is 0 Å². The lowest BCUT2D eigenvalue weighted by atomic mass is 10.1. The van der Waals surface area contributed by atoms with Gasteiger partial charge in [-0.25, -0.2) is 8.78 Å². The number of benzene rings is 1. The molecule has 0 aliphatic carbocycles. The molecule has 0 bridgehead atoms. The Morgan fingerprint density at radius 1 is 0.950 bits per heavy atom. The Kier molecular flexibility index (Phi) is 8.83. The summed E-state index contributed by atoms with van der Waals surface area (Å²) in [5.74, 6) is -1.49. The molecule has 0 fully saturated rings. The van der Waals surface area contributed by atoms with Crippen LogP contribution in [0.4, 0.5) is 8.78 Å². The van der Waals surface area contributed by atoms with Crippen molar-refractivity contribution in [2.45, 2.75) is 57.2 Å². The van der Waals surface area contributed by atoms with E-state index in [1.54, 1.807) is 0 Å². The molecule has 0 heterocycles. The largest absolute Gasteiger partial charge is 0.488 e. The fourth-order valence-electron chi connectivity index (χ4n) is 2.06. The van der Waals surface area contributed by atoms with Gasteiger partial charge >= 0.3 is 0 Å². The zero-order chi connectivity index (χ0) is 14.8. The predicted molar refractivity (Wildman–Crippen MR) is 82.5 cm³/mol. The SMILES string of the molecule is CCCCCCCCCOc1c(F)cc(CBr)cc1F. The Hall–Kier alpha value is -0.640. The lowest BCUT2D eigenvalue weighted by Gasteiger charge is -2.09. The minimum absolute atomic E-state index is 0.249. The first-order valence-electron chi connectivity index (χ1n) is 7.35. The van der Waals surface area contributed by atoms with Gasteiger partial charge in [-0.2, -0.15) is 0 Å². The molecule has 0 aliphatic rings. The molecule has 1 aromatic carbocycles. The van der Waals surface area contributed by atoms with Crippen LogP contribution in [0.15, 0.2) is 12.1 Å². The third-order valence-electron chi connectivity index (χ3n) is 3.21. The quantitative estimate of drug-likeness (QED) is 0.372. The van der Waals surface area contributed by atoms with Crippen LogP contribution in [0.2, 0.25) is 0 Å². The fourth-order valence-corrected chi connectivity index (χ4v) is 2.38. The minimum Gasteiger partial charge on any atom is -0.488 e. The average Bonchev–Trinajstić information content (AvgIpc) is 2.43. The van der Waals surface area contributed by atoms with Gasteiger partial charge in [-0.1, -0.05) is 61.4 Å². The smallest absolute Gasteiger partial charge is 0.190 e. The number of hydrogen-bond acceptors (Lipinski definition) is 1. The summed E-state index contributed by atoms with van der Waals surface area (Å²) in [4.78, 5) is 0. The van der Waals surface area contributed by atoms with Gasteiger partial charge in [0.25, 0.3) is 0 Å². The van der Waals surface area contributed by atoms with E-state index < -0.39 is 11.6 Å². The maximum Gasteiger partial charge on any atom is 0.190 e. The second kappa shape index (κ2) is 10.1. The summed E-state index contributed by atoms with van der Waals surface area (Å²) in [5.41, 5.74) is 0.572. The number of ether oxygens (including phenoxy) is 1. The molecule has 0 saturated carbocycles. The topological polar surface area (TPSA) is 9.23 Å². The number of unbranched alkanes of at least 4 members (excludes halogenated alkanes) is 6. The van der Waals surface area contributed by atoms with Crippen LogP contribution in [0.1, 0.15) is 57.4 Å². The van der Waals surface area contributed by atoms with Crippen LogP contribution in [-0.2, 0) is 5.33 Å². The van der Waals surface area contributed by atoms with Crippen molar-refractivity contribution in [1.29, 1.82) is 0 Å². The summed E-state index contributed by atoms with van der Waals surface area (Å²) in [7, 11) is 0. The van der Waals surface area contributed by atoms with Gasteiger partial charge in [0.05, 0.1) is 6.61 Å². The van der Waals surface area contributed by atoms with Gasteiger partial charge in [0.15, 0.2) is 17.4 Å².